The Bertz CT molecular complexity index is 605. The molecule has 3 unspecified atom stereocenters. The number of halogens is 1. The van der Waals surface area contributed by atoms with E-state index in [2.05, 4.69) is 17.1 Å². The lowest BCUT2D eigenvalue weighted by molar-refractivity contribution is -0.0817. The Morgan fingerprint density at radius 1 is 1.30 bits per heavy atom. The summed E-state index contributed by atoms with van der Waals surface area (Å²) >= 11 is 0. The summed E-state index contributed by atoms with van der Waals surface area (Å²) in [5.74, 6) is 1.25. The van der Waals surface area contributed by atoms with Crippen LogP contribution in [0.4, 0.5) is 4.39 Å². The van der Waals surface area contributed by atoms with Crippen LogP contribution in [-0.2, 0) is 9.47 Å². The molecular formula is C20H30FN3O3. The first-order valence-corrected chi connectivity index (χ1v) is 9.84. The van der Waals surface area contributed by atoms with Gasteiger partial charge in [-0.25, -0.2) is 9.38 Å². The lowest BCUT2D eigenvalue weighted by atomic mass is 10.1. The van der Waals surface area contributed by atoms with E-state index < -0.39 is 0 Å². The molecule has 1 aromatic rings. The van der Waals surface area contributed by atoms with Gasteiger partial charge >= 0.3 is 0 Å². The predicted molar refractivity (Wildman–Crippen MR) is 103 cm³/mol. The highest BCUT2D eigenvalue weighted by Gasteiger charge is 2.32. The van der Waals surface area contributed by atoms with E-state index in [1.54, 1.807) is 12.1 Å². The molecule has 2 fully saturated rings. The first-order valence-electron chi connectivity index (χ1n) is 9.84. The van der Waals surface area contributed by atoms with Crippen molar-refractivity contribution in [1.29, 1.82) is 0 Å². The minimum Gasteiger partial charge on any atom is -0.489 e. The summed E-state index contributed by atoms with van der Waals surface area (Å²) in [5, 5.41) is 3.36. The Morgan fingerprint density at radius 3 is 2.78 bits per heavy atom. The lowest BCUT2D eigenvalue weighted by Crippen LogP contribution is -2.53. The van der Waals surface area contributed by atoms with Gasteiger partial charge in [0, 0.05) is 26.2 Å². The molecule has 1 N–H and O–H groups in total. The SMILES string of the molecule is CCNC(=NCC(C)Oc1ccc(F)cc1)N1CCOC(C2CCCO2)C1. The fourth-order valence-corrected chi connectivity index (χ4v) is 3.41. The van der Waals surface area contributed by atoms with Gasteiger partial charge in [-0.2, -0.15) is 0 Å². The van der Waals surface area contributed by atoms with Gasteiger partial charge in [-0.3, -0.25) is 0 Å². The van der Waals surface area contributed by atoms with Crippen LogP contribution in [0.3, 0.4) is 0 Å². The van der Waals surface area contributed by atoms with Crippen molar-refractivity contribution < 1.29 is 18.6 Å². The topological polar surface area (TPSA) is 55.3 Å². The molecule has 2 saturated heterocycles. The maximum atomic E-state index is 13.0. The third kappa shape index (κ3) is 5.81. The Balaban J connectivity index is 1.57. The normalized spacial score (nSPS) is 24.7. The Hall–Kier alpha value is -1.86. The lowest BCUT2D eigenvalue weighted by Gasteiger charge is -2.37. The number of morpholine rings is 1. The zero-order valence-electron chi connectivity index (χ0n) is 16.2. The molecule has 2 aliphatic rings. The summed E-state index contributed by atoms with van der Waals surface area (Å²) in [4.78, 5) is 6.99. The second-order valence-corrected chi connectivity index (χ2v) is 6.98. The molecule has 1 aromatic carbocycles. The van der Waals surface area contributed by atoms with Crippen LogP contribution in [0.15, 0.2) is 29.3 Å². The van der Waals surface area contributed by atoms with Crippen LogP contribution in [-0.4, -0.2) is 68.6 Å². The number of ether oxygens (including phenoxy) is 3. The fourth-order valence-electron chi connectivity index (χ4n) is 3.41. The van der Waals surface area contributed by atoms with Crippen molar-refractivity contribution in [3.05, 3.63) is 30.1 Å². The number of nitrogens with zero attached hydrogens (tertiary/aromatic N) is 2. The van der Waals surface area contributed by atoms with Crippen molar-refractivity contribution >= 4 is 5.96 Å². The maximum absolute atomic E-state index is 13.0. The van der Waals surface area contributed by atoms with Gasteiger partial charge in [0.1, 0.15) is 23.8 Å². The smallest absolute Gasteiger partial charge is 0.194 e. The van der Waals surface area contributed by atoms with Gasteiger partial charge in [0.05, 0.1) is 19.3 Å². The largest absolute Gasteiger partial charge is 0.489 e. The first-order chi connectivity index (χ1) is 13.2. The number of benzene rings is 1. The molecule has 7 heteroatoms. The minimum absolute atomic E-state index is 0.0954. The zero-order chi connectivity index (χ0) is 19.1. The van der Waals surface area contributed by atoms with Crippen LogP contribution >= 0.6 is 0 Å². The summed E-state index contributed by atoms with van der Waals surface area (Å²) < 4.78 is 30.5. The van der Waals surface area contributed by atoms with E-state index in [0.717, 1.165) is 45.0 Å². The molecule has 0 bridgehead atoms. The molecule has 0 spiro atoms. The van der Waals surface area contributed by atoms with Crippen molar-refractivity contribution in [1.82, 2.24) is 10.2 Å². The van der Waals surface area contributed by atoms with E-state index in [0.29, 0.717) is 18.9 Å². The fraction of sp³-hybridized carbons (Fsp3) is 0.650. The standard InChI is InChI=1S/C20H30FN3O3/c1-3-22-20(23-13-15(2)27-17-8-6-16(21)7-9-17)24-10-12-26-19(14-24)18-5-4-11-25-18/h6-9,15,18-19H,3-5,10-14H2,1-2H3,(H,22,23). The van der Waals surface area contributed by atoms with Crippen LogP contribution < -0.4 is 10.1 Å². The molecule has 0 aliphatic carbocycles. The maximum Gasteiger partial charge on any atom is 0.194 e. The van der Waals surface area contributed by atoms with E-state index >= 15 is 0 Å². The van der Waals surface area contributed by atoms with E-state index in [1.807, 2.05) is 6.92 Å². The van der Waals surface area contributed by atoms with Crippen LogP contribution in [0.1, 0.15) is 26.7 Å². The third-order valence-corrected chi connectivity index (χ3v) is 4.76. The molecule has 2 heterocycles. The molecule has 0 saturated carbocycles. The Kier molecular flexibility index (Phi) is 7.29. The van der Waals surface area contributed by atoms with Gasteiger partial charge in [0.2, 0.25) is 0 Å². The molecule has 27 heavy (non-hydrogen) atoms. The van der Waals surface area contributed by atoms with Crippen LogP contribution in [0.2, 0.25) is 0 Å². The Labute approximate surface area is 160 Å². The quantitative estimate of drug-likeness (QED) is 0.608. The average Bonchev–Trinajstić information content (AvgIpc) is 3.22. The highest BCUT2D eigenvalue weighted by molar-refractivity contribution is 5.80. The van der Waals surface area contributed by atoms with Crippen molar-refractivity contribution in [2.75, 3.05) is 39.4 Å². The molecule has 3 atom stereocenters. The van der Waals surface area contributed by atoms with Crippen LogP contribution in [0.25, 0.3) is 0 Å². The van der Waals surface area contributed by atoms with Crippen molar-refractivity contribution in [2.24, 2.45) is 4.99 Å². The molecule has 3 rings (SSSR count). The number of hydrogen-bond acceptors (Lipinski definition) is 4. The number of aliphatic imine (C=N–C) groups is 1. The first kappa shape index (κ1) is 19.9. The van der Waals surface area contributed by atoms with Crippen molar-refractivity contribution in [3.63, 3.8) is 0 Å². The van der Waals surface area contributed by atoms with Gasteiger partial charge in [-0.1, -0.05) is 0 Å². The van der Waals surface area contributed by atoms with E-state index in [-0.39, 0.29) is 24.1 Å². The summed E-state index contributed by atoms with van der Waals surface area (Å²) in [5.41, 5.74) is 0. The van der Waals surface area contributed by atoms with Crippen molar-refractivity contribution in [3.8, 4) is 5.75 Å². The molecule has 0 aromatic heterocycles. The number of rotatable bonds is 6. The molecular weight excluding hydrogens is 349 g/mol. The molecule has 150 valence electrons. The van der Waals surface area contributed by atoms with Crippen LogP contribution in [0, 0.1) is 5.82 Å². The predicted octanol–water partition coefficient (Wildman–Crippen LogP) is 2.44. The molecule has 0 amide bonds. The van der Waals surface area contributed by atoms with Gasteiger partial charge in [-0.05, 0) is 51.0 Å². The summed E-state index contributed by atoms with van der Waals surface area (Å²) in [6.07, 6.45) is 2.35. The Morgan fingerprint density at radius 2 is 2.07 bits per heavy atom. The molecule has 2 aliphatic heterocycles. The highest BCUT2D eigenvalue weighted by atomic mass is 19.1. The zero-order valence-corrected chi connectivity index (χ0v) is 16.2. The third-order valence-electron chi connectivity index (χ3n) is 4.76. The van der Waals surface area contributed by atoms with Gasteiger partial charge in [0.25, 0.3) is 0 Å². The minimum atomic E-state index is -0.268. The second kappa shape index (κ2) is 9.90. The van der Waals surface area contributed by atoms with Gasteiger partial charge < -0.3 is 24.4 Å². The summed E-state index contributed by atoms with van der Waals surface area (Å²) in [7, 11) is 0. The van der Waals surface area contributed by atoms with E-state index in [4.69, 9.17) is 19.2 Å². The number of nitrogens with one attached hydrogen (secondary N) is 1. The van der Waals surface area contributed by atoms with Gasteiger partial charge in [-0.15, -0.1) is 0 Å². The number of hydrogen-bond donors (Lipinski definition) is 1. The monoisotopic (exact) mass is 379 g/mol. The van der Waals surface area contributed by atoms with E-state index in [9.17, 15) is 4.39 Å². The molecule has 0 radical (unpaired) electrons. The number of guanidine groups is 1. The summed E-state index contributed by atoms with van der Waals surface area (Å²) in [6, 6.07) is 6.06. The highest BCUT2D eigenvalue weighted by Crippen LogP contribution is 2.21. The second-order valence-electron chi connectivity index (χ2n) is 6.98. The van der Waals surface area contributed by atoms with Gasteiger partial charge in [0.15, 0.2) is 5.96 Å². The summed E-state index contributed by atoms with van der Waals surface area (Å²) in [6.45, 7) is 8.44. The average molecular weight is 379 g/mol. The van der Waals surface area contributed by atoms with Crippen LogP contribution in [0.5, 0.6) is 5.75 Å². The van der Waals surface area contributed by atoms with E-state index in [1.165, 1.54) is 12.1 Å². The molecule has 6 nitrogen and oxygen atoms in total. The van der Waals surface area contributed by atoms with Crippen molar-refractivity contribution in [2.45, 2.75) is 45.0 Å².